The van der Waals surface area contributed by atoms with Gasteiger partial charge in [-0.2, -0.15) is 0 Å². The zero-order valence-electron chi connectivity index (χ0n) is 15.1. The molecule has 1 aliphatic heterocycles. The van der Waals surface area contributed by atoms with E-state index in [1.165, 1.54) is 0 Å². The third kappa shape index (κ3) is 3.44. The molecule has 144 valence electrons. The molecule has 0 spiro atoms. The van der Waals surface area contributed by atoms with Crippen molar-refractivity contribution in [1.82, 2.24) is 0 Å². The molecule has 0 unspecified atom stereocenters. The predicted molar refractivity (Wildman–Crippen MR) is 102 cm³/mol. The van der Waals surface area contributed by atoms with Crippen LogP contribution in [0.1, 0.15) is 17.5 Å². The second-order valence-corrected chi connectivity index (χ2v) is 5.96. The van der Waals surface area contributed by atoms with Gasteiger partial charge in [0.2, 0.25) is 5.76 Å². The molecule has 2 aromatic carbocycles. The van der Waals surface area contributed by atoms with Gasteiger partial charge in [-0.05, 0) is 31.2 Å². The van der Waals surface area contributed by atoms with Crippen LogP contribution in [0.5, 0.6) is 11.5 Å². The van der Waals surface area contributed by atoms with Gasteiger partial charge in [0.05, 0.1) is 6.61 Å². The molecular formula is C20H18N2O6. The lowest BCUT2D eigenvalue weighted by atomic mass is 10.2. The number of ether oxygens (including phenoxy) is 3. The number of para-hydroxylation sites is 1. The maximum absolute atomic E-state index is 12.8. The molecule has 28 heavy (non-hydrogen) atoms. The predicted octanol–water partition coefficient (Wildman–Crippen LogP) is 4.02. The summed E-state index contributed by atoms with van der Waals surface area (Å²) < 4.78 is 21.6. The van der Waals surface area contributed by atoms with E-state index in [1.807, 2.05) is 0 Å². The van der Waals surface area contributed by atoms with Gasteiger partial charge in [-0.25, -0.2) is 4.79 Å². The van der Waals surface area contributed by atoms with E-state index in [4.69, 9.17) is 18.6 Å². The molecule has 3 aromatic rings. The first-order valence-electron chi connectivity index (χ1n) is 8.82. The number of hydrogen-bond acceptors (Lipinski definition) is 6. The van der Waals surface area contributed by atoms with Gasteiger partial charge in [0, 0.05) is 17.1 Å². The maximum Gasteiger partial charge on any atom is 0.411 e. The third-order valence-electron chi connectivity index (χ3n) is 4.10. The minimum Gasteiger partial charge on any atom is -0.486 e. The lowest BCUT2D eigenvalue weighted by Crippen LogP contribution is -2.18. The van der Waals surface area contributed by atoms with E-state index in [2.05, 4.69) is 10.6 Å². The van der Waals surface area contributed by atoms with Gasteiger partial charge in [0.15, 0.2) is 11.5 Å². The highest BCUT2D eigenvalue weighted by Gasteiger charge is 2.23. The first-order chi connectivity index (χ1) is 13.7. The van der Waals surface area contributed by atoms with Crippen molar-refractivity contribution in [3.63, 3.8) is 0 Å². The van der Waals surface area contributed by atoms with Gasteiger partial charge in [0.1, 0.15) is 24.5 Å². The topological polar surface area (TPSA) is 99.0 Å². The van der Waals surface area contributed by atoms with Crippen LogP contribution < -0.4 is 20.1 Å². The van der Waals surface area contributed by atoms with E-state index < -0.39 is 12.0 Å². The lowest BCUT2D eigenvalue weighted by Gasteiger charge is -2.18. The summed E-state index contributed by atoms with van der Waals surface area (Å²) in [7, 11) is 0. The Labute approximate surface area is 160 Å². The minimum absolute atomic E-state index is 0.0239. The first-order valence-corrected chi connectivity index (χ1v) is 8.82. The van der Waals surface area contributed by atoms with Gasteiger partial charge in [-0.1, -0.05) is 12.1 Å². The zero-order chi connectivity index (χ0) is 19.5. The Morgan fingerprint density at radius 1 is 1.04 bits per heavy atom. The molecule has 8 heteroatoms. The van der Waals surface area contributed by atoms with Crippen molar-refractivity contribution >= 4 is 34.3 Å². The number of nitrogens with one attached hydrogen (secondary N) is 2. The Kier molecular flexibility index (Phi) is 4.76. The maximum atomic E-state index is 12.8. The monoisotopic (exact) mass is 382 g/mol. The Morgan fingerprint density at radius 3 is 2.64 bits per heavy atom. The fourth-order valence-corrected chi connectivity index (χ4v) is 2.91. The Balaban J connectivity index is 1.64. The number of fused-ring (bicyclic) bond motifs is 2. The number of carbonyl (C=O) groups is 2. The number of anilines is 2. The van der Waals surface area contributed by atoms with Crippen LogP contribution in [0.4, 0.5) is 16.2 Å². The summed E-state index contributed by atoms with van der Waals surface area (Å²) in [5.41, 5.74) is 1.24. The summed E-state index contributed by atoms with van der Waals surface area (Å²) in [5.74, 6) is 0.639. The van der Waals surface area contributed by atoms with E-state index in [-0.39, 0.29) is 18.1 Å². The molecule has 4 rings (SSSR count). The largest absolute Gasteiger partial charge is 0.486 e. The van der Waals surface area contributed by atoms with E-state index in [1.54, 1.807) is 49.4 Å². The number of furan rings is 1. The van der Waals surface area contributed by atoms with Crippen molar-refractivity contribution in [3.8, 4) is 11.5 Å². The molecule has 0 saturated heterocycles. The standard InChI is InChI=1S/C20H18N2O6/c1-2-25-20(24)22-17-13-5-3-4-6-14(13)28-18(17)19(23)21-12-7-8-15-16(11-12)27-10-9-26-15/h3-8,11H,2,9-10H2,1H3,(H,21,23)(H,22,24). The summed E-state index contributed by atoms with van der Waals surface area (Å²) >= 11 is 0. The Bertz CT molecular complexity index is 1040. The summed E-state index contributed by atoms with van der Waals surface area (Å²) in [6.45, 7) is 2.84. The molecule has 0 saturated carbocycles. The van der Waals surface area contributed by atoms with Crippen LogP contribution in [0.2, 0.25) is 0 Å². The molecular weight excluding hydrogens is 364 g/mol. The van der Waals surface area contributed by atoms with E-state index in [0.717, 1.165) is 0 Å². The summed E-state index contributed by atoms with van der Waals surface area (Å²) in [6, 6.07) is 12.1. The number of hydrogen-bond donors (Lipinski definition) is 2. The molecule has 2 heterocycles. The van der Waals surface area contributed by atoms with Gasteiger partial charge < -0.3 is 23.9 Å². The van der Waals surface area contributed by atoms with Crippen LogP contribution in [-0.4, -0.2) is 31.8 Å². The van der Waals surface area contributed by atoms with Crippen LogP contribution in [-0.2, 0) is 4.74 Å². The number of rotatable bonds is 4. The molecule has 1 aromatic heterocycles. The molecule has 0 aliphatic carbocycles. The second kappa shape index (κ2) is 7.51. The van der Waals surface area contributed by atoms with E-state index in [0.29, 0.717) is 41.4 Å². The van der Waals surface area contributed by atoms with Crippen molar-refractivity contribution in [1.29, 1.82) is 0 Å². The van der Waals surface area contributed by atoms with Crippen molar-refractivity contribution < 1.29 is 28.2 Å². The molecule has 2 N–H and O–H groups in total. The van der Waals surface area contributed by atoms with Gasteiger partial charge in [-0.15, -0.1) is 0 Å². The average Bonchev–Trinajstić information content (AvgIpc) is 3.07. The van der Waals surface area contributed by atoms with Crippen LogP contribution in [0, 0.1) is 0 Å². The van der Waals surface area contributed by atoms with Crippen LogP contribution in [0.25, 0.3) is 11.0 Å². The first kappa shape index (κ1) is 17.7. The second-order valence-electron chi connectivity index (χ2n) is 5.96. The van der Waals surface area contributed by atoms with Crippen LogP contribution in [0.3, 0.4) is 0 Å². The minimum atomic E-state index is -0.664. The van der Waals surface area contributed by atoms with E-state index in [9.17, 15) is 9.59 Å². The summed E-state index contributed by atoms with van der Waals surface area (Å²) in [6.07, 6.45) is -0.664. The highest BCUT2D eigenvalue weighted by Crippen LogP contribution is 2.34. The fraction of sp³-hybridized carbons (Fsp3) is 0.200. The molecule has 0 bridgehead atoms. The third-order valence-corrected chi connectivity index (χ3v) is 4.10. The van der Waals surface area contributed by atoms with Crippen molar-refractivity contribution in [3.05, 3.63) is 48.2 Å². The van der Waals surface area contributed by atoms with Crippen LogP contribution in [0.15, 0.2) is 46.9 Å². The quantitative estimate of drug-likeness (QED) is 0.707. The average molecular weight is 382 g/mol. The van der Waals surface area contributed by atoms with Crippen molar-refractivity contribution in [2.75, 3.05) is 30.5 Å². The summed E-state index contributed by atoms with van der Waals surface area (Å²) in [4.78, 5) is 24.8. The number of carbonyl (C=O) groups excluding carboxylic acids is 2. The highest BCUT2D eigenvalue weighted by molar-refractivity contribution is 6.14. The lowest BCUT2D eigenvalue weighted by molar-refractivity contribution is 0.0999. The highest BCUT2D eigenvalue weighted by atomic mass is 16.6. The Hall–Kier alpha value is -3.68. The van der Waals surface area contributed by atoms with Crippen molar-refractivity contribution in [2.24, 2.45) is 0 Å². The molecule has 2 amide bonds. The van der Waals surface area contributed by atoms with Gasteiger partial charge in [-0.3, -0.25) is 10.1 Å². The van der Waals surface area contributed by atoms with E-state index >= 15 is 0 Å². The van der Waals surface area contributed by atoms with Crippen molar-refractivity contribution in [2.45, 2.75) is 6.92 Å². The molecule has 0 fully saturated rings. The zero-order valence-corrected chi connectivity index (χ0v) is 15.1. The van der Waals surface area contributed by atoms with Gasteiger partial charge in [0.25, 0.3) is 5.91 Å². The Morgan fingerprint density at radius 2 is 1.82 bits per heavy atom. The molecule has 0 radical (unpaired) electrons. The smallest absolute Gasteiger partial charge is 0.411 e. The molecule has 8 nitrogen and oxygen atoms in total. The SMILES string of the molecule is CCOC(=O)Nc1c(C(=O)Nc2ccc3c(c2)OCCO3)oc2ccccc12. The molecule has 1 aliphatic rings. The summed E-state index contributed by atoms with van der Waals surface area (Å²) in [5, 5.41) is 5.95. The molecule has 0 atom stereocenters. The number of amides is 2. The normalized spacial score (nSPS) is 12.5. The number of benzene rings is 2. The fourth-order valence-electron chi connectivity index (χ4n) is 2.91. The van der Waals surface area contributed by atoms with Gasteiger partial charge >= 0.3 is 6.09 Å². The van der Waals surface area contributed by atoms with Crippen LogP contribution >= 0.6 is 0 Å².